The Labute approximate surface area is 183 Å². The number of hydrogen-bond donors (Lipinski definition) is 2. The van der Waals surface area contributed by atoms with Gasteiger partial charge in [-0.05, 0) is 61.6 Å². The van der Waals surface area contributed by atoms with Crippen molar-refractivity contribution >= 4 is 23.4 Å². The minimum atomic E-state index is -0.415. The van der Waals surface area contributed by atoms with Crippen LogP contribution in [0.25, 0.3) is 0 Å². The number of hydrogen-bond acceptors (Lipinski definition) is 2. The van der Waals surface area contributed by atoms with Gasteiger partial charge in [-0.2, -0.15) is 0 Å². The molecular formula is C25H29ClN2O2. The van der Waals surface area contributed by atoms with E-state index in [0.717, 1.165) is 17.4 Å². The first-order valence-electron chi connectivity index (χ1n) is 10.9. The monoisotopic (exact) mass is 424 g/mol. The van der Waals surface area contributed by atoms with E-state index in [1.54, 1.807) is 24.3 Å². The van der Waals surface area contributed by atoms with E-state index >= 15 is 0 Å². The van der Waals surface area contributed by atoms with Crippen molar-refractivity contribution in [3.8, 4) is 0 Å². The molecule has 2 aliphatic rings. The first-order valence-corrected chi connectivity index (χ1v) is 11.3. The van der Waals surface area contributed by atoms with E-state index in [4.69, 9.17) is 11.6 Å². The van der Waals surface area contributed by atoms with Crippen molar-refractivity contribution in [3.63, 3.8) is 0 Å². The largest absolute Gasteiger partial charge is 0.353 e. The van der Waals surface area contributed by atoms with Crippen LogP contribution in [0.3, 0.4) is 0 Å². The van der Waals surface area contributed by atoms with Crippen LogP contribution < -0.4 is 10.6 Å². The second-order valence-electron chi connectivity index (χ2n) is 8.82. The highest BCUT2D eigenvalue weighted by molar-refractivity contribution is 6.33. The fourth-order valence-electron chi connectivity index (χ4n) is 5.33. The Kier molecular flexibility index (Phi) is 6.43. The lowest BCUT2D eigenvalue weighted by molar-refractivity contribution is -0.122. The van der Waals surface area contributed by atoms with E-state index in [-0.39, 0.29) is 24.3 Å². The lowest BCUT2D eigenvalue weighted by Crippen LogP contribution is -2.42. The van der Waals surface area contributed by atoms with Gasteiger partial charge in [-0.15, -0.1) is 0 Å². The number of amides is 2. The summed E-state index contributed by atoms with van der Waals surface area (Å²) in [4.78, 5) is 25.7. The molecule has 0 aromatic heterocycles. The third kappa shape index (κ3) is 4.70. The second kappa shape index (κ2) is 9.22. The van der Waals surface area contributed by atoms with Crippen molar-refractivity contribution in [3.05, 3.63) is 70.7 Å². The zero-order valence-electron chi connectivity index (χ0n) is 17.3. The third-order valence-electron chi connectivity index (χ3n) is 6.84. The van der Waals surface area contributed by atoms with Crippen molar-refractivity contribution in [1.29, 1.82) is 0 Å². The van der Waals surface area contributed by atoms with Gasteiger partial charge in [0.15, 0.2) is 0 Å². The van der Waals surface area contributed by atoms with Crippen molar-refractivity contribution in [2.24, 2.45) is 17.8 Å². The lowest BCUT2D eigenvalue weighted by Gasteiger charge is -2.29. The van der Waals surface area contributed by atoms with Gasteiger partial charge in [0.1, 0.15) is 0 Å². The zero-order chi connectivity index (χ0) is 21.1. The number of halogens is 1. The number of benzene rings is 2. The summed E-state index contributed by atoms with van der Waals surface area (Å²) < 4.78 is 0. The van der Waals surface area contributed by atoms with Crippen LogP contribution in [0, 0.1) is 17.8 Å². The number of carbonyl (C=O) groups excluding carboxylic acids is 2. The molecule has 2 saturated carbocycles. The van der Waals surface area contributed by atoms with Crippen molar-refractivity contribution < 1.29 is 9.59 Å². The van der Waals surface area contributed by atoms with E-state index in [1.165, 1.54) is 25.7 Å². The molecule has 0 radical (unpaired) electrons. The van der Waals surface area contributed by atoms with Gasteiger partial charge in [0.2, 0.25) is 5.91 Å². The summed E-state index contributed by atoms with van der Waals surface area (Å²) in [5, 5.41) is 6.62. The molecule has 4 rings (SSSR count). The normalized spacial score (nSPS) is 24.3. The summed E-state index contributed by atoms with van der Waals surface area (Å²) >= 11 is 6.19. The Balaban J connectivity index is 1.43. The lowest BCUT2D eigenvalue weighted by atomic mass is 9.84. The molecule has 2 aliphatic carbocycles. The van der Waals surface area contributed by atoms with Gasteiger partial charge in [0.05, 0.1) is 23.0 Å². The topological polar surface area (TPSA) is 58.2 Å². The molecule has 2 amide bonds. The molecule has 0 heterocycles. The van der Waals surface area contributed by atoms with Crippen LogP contribution in [-0.4, -0.2) is 17.9 Å². The summed E-state index contributed by atoms with van der Waals surface area (Å²) in [6.45, 7) is 2.13. The molecule has 30 heavy (non-hydrogen) atoms. The van der Waals surface area contributed by atoms with Gasteiger partial charge >= 0.3 is 0 Å². The van der Waals surface area contributed by atoms with Gasteiger partial charge in [0.25, 0.3) is 5.91 Å². The molecule has 0 spiro atoms. The second-order valence-corrected chi connectivity index (χ2v) is 9.22. The van der Waals surface area contributed by atoms with E-state index in [0.29, 0.717) is 16.5 Å². The molecule has 5 atom stereocenters. The highest BCUT2D eigenvalue weighted by Gasteiger charge is 2.42. The van der Waals surface area contributed by atoms with E-state index < -0.39 is 6.04 Å². The van der Waals surface area contributed by atoms with Gasteiger partial charge < -0.3 is 10.6 Å². The predicted molar refractivity (Wildman–Crippen MR) is 119 cm³/mol. The quantitative estimate of drug-likeness (QED) is 0.646. The van der Waals surface area contributed by atoms with E-state index in [9.17, 15) is 9.59 Å². The molecule has 0 aliphatic heterocycles. The summed E-state index contributed by atoms with van der Waals surface area (Å²) in [5.41, 5.74) is 1.32. The fraction of sp³-hybridized carbons (Fsp3) is 0.440. The van der Waals surface area contributed by atoms with Gasteiger partial charge in [-0.25, -0.2) is 0 Å². The maximum absolute atomic E-state index is 12.9. The molecule has 158 valence electrons. The number of nitrogens with one attached hydrogen (secondary N) is 2. The first kappa shape index (κ1) is 20.9. The smallest absolute Gasteiger partial charge is 0.253 e. The van der Waals surface area contributed by atoms with Crippen LogP contribution in [0.1, 0.15) is 61.0 Å². The summed E-state index contributed by atoms with van der Waals surface area (Å²) in [7, 11) is 0. The molecule has 2 N–H and O–H groups in total. The highest BCUT2D eigenvalue weighted by Crippen LogP contribution is 2.49. The van der Waals surface area contributed by atoms with E-state index in [2.05, 4.69) is 17.6 Å². The van der Waals surface area contributed by atoms with Crippen LogP contribution in [-0.2, 0) is 4.79 Å². The zero-order valence-corrected chi connectivity index (χ0v) is 18.1. The Morgan fingerprint density at radius 1 is 1.00 bits per heavy atom. The summed E-state index contributed by atoms with van der Waals surface area (Å²) in [6.07, 6.45) is 5.41. The predicted octanol–water partition coefficient (Wildman–Crippen LogP) is 5.14. The number of fused-ring (bicyclic) bond motifs is 2. The molecule has 0 saturated heterocycles. The molecule has 2 bridgehead atoms. The Hall–Kier alpha value is -2.33. The Morgan fingerprint density at radius 3 is 2.40 bits per heavy atom. The number of carbonyl (C=O) groups is 2. The average molecular weight is 425 g/mol. The third-order valence-corrected chi connectivity index (χ3v) is 7.17. The minimum absolute atomic E-state index is 0.0291. The van der Waals surface area contributed by atoms with Crippen LogP contribution in [0.5, 0.6) is 0 Å². The van der Waals surface area contributed by atoms with Crippen molar-refractivity contribution in [1.82, 2.24) is 10.6 Å². The SMILES string of the molecule is CC(NC(=O)CC(NC(=O)c1ccccc1Cl)c1ccccc1)C1CC2CCC1C2. The Bertz CT molecular complexity index is 901. The minimum Gasteiger partial charge on any atom is -0.353 e. The van der Waals surface area contributed by atoms with Gasteiger partial charge in [0, 0.05) is 6.04 Å². The highest BCUT2D eigenvalue weighted by atomic mass is 35.5. The van der Waals surface area contributed by atoms with Crippen LogP contribution in [0.4, 0.5) is 0 Å². The molecule has 5 unspecified atom stereocenters. The first-order chi connectivity index (χ1) is 14.5. The molecule has 5 heteroatoms. The number of rotatable bonds is 7. The molecular weight excluding hydrogens is 396 g/mol. The summed E-state index contributed by atoms with van der Waals surface area (Å²) in [6, 6.07) is 16.3. The Morgan fingerprint density at radius 2 is 1.73 bits per heavy atom. The van der Waals surface area contributed by atoms with Crippen LogP contribution >= 0.6 is 11.6 Å². The van der Waals surface area contributed by atoms with Gasteiger partial charge in [-0.1, -0.05) is 60.5 Å². The van der Waals surface area contributed by atoms with Gasteiger partial charge in [-0.3, -0.25) is 9.59 Å². The maximum atomic E-state index is 12.9. The molecule has 2 aromatic rings. The van der Waals surface area contributed by atoms with Crippen molar-refractivity contribution in [2.75, 3.05) is 0 Å². The standard InChI is InChI=1S/C25H29ClN2O2/c1-16(21-14-17-11-12-19(21)13-17)27-24(29)15-23(18-7-3-2-4-8-18)28-25(30)20-9-5-6-10-22(20)26/h2-10,16-17,19,21,23H,11-15H2,1H3,(H,27,29)(H,28,30). The van der Waals surface area contributed by atoms with Crippen LogP contribution in [0.2, 0.25) is 5.02 Å². The van der Waals surface area contributed by atoms with Crippen LogP contribution in [0.15, 0.2) is 54.6 Å². The fourth-order valence-corrected chi connectivity index (χ4v) is 5.55. The molecule has 2 aromatic carbocycles. The molecule has 4 nitrogen and oxygen atoms in total. The van der Waals surface area contributed by atoms with Crippen molar-refractivity contribution in [2.45, 2.75) is 51.1 Å². The van der Waals surface area contributed by atoms with E-state index in [1.807, 2.05) is 30.3 Å². The summed E-state index contributed by atoms with van der Waals surface area (Å²) in [5.74, 6) is 1.89. The maximum Gasteiger partial charge on any atom is 0.253 e. The molecule has 2 fully saturated rings. The average Bonchev–Trinajstić information content (AvgIpc) is 3.38.